The van der Waals surface area contributed by atoms with Gasteiger partial charge in [-0.3, -0.25) is 9.59 Å². The van der Waals surface area contributed by atoms with Crippen molar-refractivity contribution in [1.82, 2.24) is 24.7 Å². The summed E-state index contributed by atoms with van der Waals surface area (Å²) in [4.78, 5) is 32.0. The summed E-state index contributed by atoms with van der Waals surface area (Å²) in [6.45, 7) is 1.90. The minimum Gasteiger partial charge on any atom is -0.323 e. The number of hydrogen-bond donors (Lipinski definition) is 2. The molecule has 1 unspecified atom stereocenters. The molecular formula is C21H19FN6O2S. The highest BCUT2D eigenvalue weighted by Gasteiger charge is 2.19. The van der Waals surface area contributed by atoms with Crippen molar-refractivity contribution in [3.05, 3.63) is 76.4 Å². The number of anilines is 1. The van der Waals surface area contributed by atoms with E-state index in [9.17, 15) is 14.0 Å². The summed E-state index contributed by atoms with van der Waals surface area (Å²) in [5.41, 5.74) is 0.540. The van der Waals surface area contributed by atoms with Gasteiger partial charge in [0.25, 0.3) is 5.56 Å². The zero-order valence-corrected chi connectivity index (χ0v) is 17.6. The largest absolute Gasteiger partial charge is 0.323 e. The Morgan fingerprint density at radius 3 is 2.74 bits per heavy atom. The van der Waals surface area contributed by atoms with Crippen LogP contribution in [0.1, 0.15) is 23.8 Å². The number of halogens is 1. The zero-order chi connectivity index (χ0) is 22.0. The second-order valence-corrected chi connectivity index (χ2v) is 8.20. The Balaban J connectivity index is 1.47. The topological polar surface area (TPSA) is 106 Å². The normalized spacial score (nSPS) is 12.1. The molecule has 0 aliphatic heterocycles. The quantitative estimate of drug-likeness (QED) is 0.448. The van der Waals surface area contributed by atoms with Gasteiger partial charge >= 0.3 is 0 Å². The lowest BCUT2D eigenvalue weighted by molar-refractivity contribution is -0.115. The Morgan fingerprint density at radius 2 is 1.94 bits per heavy atom. The number of thioether (sulfide) groups is 1. The monoisotopic (exact) mass is 438 g/mol. The number of carbonyl (C=O) groups excluding carboxylic acids is 1. The Labute approximate surface area is 180 Å². The van der Waals surface area contributed by atoms with Crippen LogP contribution in [-0.4, -0.2) is 30.6 Å². The van der Waals surface area contributed by atoms with Crippen LogP contribution in [-0.2, 0) is 18.3 Å². The predicted molar refractivity (Wildman–Crippen MR) is 116 cm³/mol. The summed E-state index contributed by atoms with van der Waals surface area (Å²) < 4.78 is 15.4. The van der Waals surface area contributed by atoms with Crippen molar-refractivity contribution in [2.75, 3.05) is 5.32 Å². The number of rotatable bonds is 6. The molecule has 2 aromatic heterocycles. The van der Waals surface area contributed by atoms with Crippen molar-refractivity contribution in [3.63, 3.8) is 0 Å². The molecule has 0 saturated heterocycles. The first-order chi connectivity index (χ1) is 14.9. The highest BCUT2D eigenvalue weighted by atomic mass is 32.2. The number of nitrogens with one attached hydrogen (secondary N) is 2. The third-order valence-electron chi connectivity index (χ3n) is 4.69. The third-order valence-corrected chi connectivity index (χ3v) is 5.83. The molecular weight excluding hydrogens is 419 g/mol. The summed E-state index contributed by atoms with van der Waals surface area (Å²) in [5.74, 6) is 0.0561. The van der Waals surface area contributed by atoms with E-state index in [1.807, 2.05) is 13.0 Å². The van der Waals surface area contributed by atoms with Gasteiger partial charge in [-0.25, -0.2) is 9.37 Å². The van der Waals surface area contributed by atoms with Crippen LogP contribution in [0.3, 0.4) is 0 Å². The van der Waals surface area contributed by atoms with Gasteiger partial charge in [0, 0.05) is 7.05 Å². The van der Waals surface area contributed by atoms with Crippen molar-refractivity contribution in [2.45, 2.75) is 23.8 Å². The Morgan fingerprint density at radius 1 is 1.19 bits per heavy atom. The smallest absolute Gasteiger partial charge is 0.258 e. The first-order valence-corrected chi connectivity index (χ1v) is 10.4. The molecule has 1 amide bonds. The number of nitrogens with zero attached hydrogens (tertiary/aromatic N) is 4. The minimum absolute atomic E-state index is 0.0577. The predicted octanol–water partition coefficient (Wildman–Crippen LogP) is 3.23. The average molecular weight is 438 g/mol. The van der Waals surface area contributed by atoms with Gasteiger partial charge in [-0.2, -0.15) is 0 Å². The third kappa shape index (κ3) is 4.48. The average Bonchev–Trinajstić information content (AvgIpc) is 3.09. The summed E-state index contributed by atoms with van der Waals surface area (Å²) in [6.07, 6.45) is -0.0577. The van der Waals surface area contributed by atoms with Crippen LogP contribution in [0.4, 0.5) is 10.1 Å². The first kappa shape index (κ1) is 20.7. The van der Waals surface area contributed by atoms with Crippen LogP contribution in [0.5, 0.6) is 0 Å². The van der Waals surface area contributed by atoms with Crippen molar-refractivity contribution in [3.8, 4) is 0 Å². The second-order valence-electron chi connectivity index (χ2n) is 6.89. The Hall–Kier alpha value is -3.53. The number of benzene rings is 2. The number of fused-ring (bicyclic) bond motifs is 1. The molecule has 1 atom stereocenters. The molecule has 2 aromatic carbocycles. The maximum absolute atomic E-state index is 13.7. The van der Waals surface area contributed by atoms with E-state index >= 15 is 0 Å². The molecule has 158 valence electrons. The fourth-order valence-electron chi connectivity index (χ4n) is 3.01. The van der Waals surface area contributed by atoms with Crippen LogP contribution in [0.25, 0.3) is 10.9 Å². The first-order valence-electron chi connectivity index (χ1n) is 9.50. The van der Waals surface area contributed by atoms with Crippen molar-refractivity contribution >= 4 is 34.3 Å². The summed E-state index contributed by atoms with van der Waals surface area (Å²) in [5, 5.41) is 11.6. The summed E-state index contributed by atoms with van der Waals surface area (Å²) in [7, 11) is 1.75. The van der Waals surface area contributed by atoms with E-state index in [0.717, 1.165) is 0 Å². The SMILES string of the molecule is CC(Sc1nnc(CC(=O)Nc2ccccc2F)n1C)c1nc2ccccc2c(=O)[nH]1. The number of H-pyrrole nitrogens is 1. The standard InChI is InChI=1S/C21H19FN6O2S/c1-12(19-24-15-9-5-3-7-13(15)20(30)25-19)31-21-27-26-17(28(21)2)11-18(29)23-16-10-6-4-8-14(16)22/h3-10,12H,11H2,1-2H3,(H,23,29)(H,24,25,30). The molecule has 0 radical (unpaired) electrons. The van der Waals surface area contributed by atoms with E-state index in [0.29, 0.717) is 27.7 Å². The van der Waals surface area contributed by atoms with E-state index in [-0.39, 0.29) is 22.9 Å². The fourth-order valence-corrected chi connectivity index (χ4v) is 3.90. The lowest BCUT2D eigenvalue weighted by atomic mass is 10.2. The molecule has 8 nitrogen and oxygen atoms in total. The van der Waals surface area contributed by atoms with Gasteiger partial charge < -0.3 is 14.9 Å². The van der Waals surface area contributed by atoms with Crippen LogP contribution in [0, 0.1) is 5.82 Å². The maximum atomic E-state index is 13.7. The van der Waals surface area contributed by atoms with E-state index < -0.39 is 11.7 Å². The molecule has 0 aliphatic carbocycles. The van der Waals surface area contributed by atoms with Gasteiger partial charge in [0.1, 0.15) is 17.5 Å². The lowest BCUT2D eigenvalue weighted by Crippen LogP contribution is -2.17. The number of hydrogen-bond acceptors (Lipinski definition) is 6. The molecule has 0 aliphatic rings. The molecule has 10 heteroatoms. The zero-order valence-electron chi connectivity index (χ0n) is 16.8. The van der Waals surface area contributed by atoms with Crippen LogP contribution < -0.4 is 10.9 Å². The van der Waals surface area contributed by atoms with Crippen molar-refractivity contribution < 1.29 is 9.18 Å². The molecule has 0 bridgehead atoms. The highest BCUT2D eigenvalue weighted by Crippen LogP contribution is 2.31. The van der Waals surface area contributed by atoms with Crippen molar-refractivity contribution in [2.24, 2.45) is 7.05 Å². The molecule has 0 saturated carbocycles. The van der Waals surface area contributed by atoms with Crippen LogP contribution >= 0.6 is 11.8 Å². The summed E-state index contributed by atoms with van der Waals surface area (Å²) in [6, 6.07) is 13.1. The molecule has 4 rings (SSSR count). The van der Waals surface area contributed by atoms with E-state index in [2.05, 4.69) is 25.5 Å². The van der Waals surface area contributed by atoms with Gasteiger partial charge in [-0.15, -0.1) is 10.2 Å². The van der Waals surface area contributed by atoms with E-state index in [4.69, 9.17) is 0 Å². The van der Waals surface area contributed by atoms with Crippen molar-refractivity contribution in [1.29, 1.82) is 0 Å². The second kappa shape index (κ2) is 8.68. The Kier molecular flexibility index (Phi) is 5.81. The number of para-hydroxylation sites is 2. The molecule has 31 heavy (non-hydrogen) atoms. The molecule has 2 N–H and O–H groups in total. The van der Waals surface area contributed by atoms with Crippen LogP contribution in [0.15, 0.2) is 58.5 Å². The van der Waals surface area contributed by atoms with Crippen LogP contribution in [0.2, 0.25) is 0 Å². The number of aromatic nitrogens is 5. The van der Waals surface area contributed by atoms with Gasteiger partial charge in [0.15, 0.2) is 5.16 Å². The van der Waals surface area contributed by atoms with Gasteiger partial charge in [-0.1, -0.05) is 36.0 Å². The summed E-state index contributed by atoms with van der Waals surface area (Å²) >= 11 is 1.36. The lowest BCUT2D eigenvalue weighted by Gasteiger charge is -2.11. The molecule has 0 spiro atoms. The maximum Gasteiger partial charge on any atom is 0.258 e. The van der Waals surface area contributed by atoms with E-state index in [1.54, 1.807) is 41.9 Å². The highest BCUT2D eigenvalue weighted by molar-refractivity contribution is 7.99. The van der Waals surface area contributed by atoms with Gasteiger partial charge in [0.2, 0.25) is 5.91 Å². The molecule has 0 fully saturated rings. The minimum atomic E-state index is -0.504. The van der Waals surface area contributed by atoms with Gasteiger partial charge in [0.05, 0.1) is 28.3 Å². The van der Waals surface area contributed by atoms with E-state index in [1.165, 1.54) is 23.9 Å². The number of carbonyl (C=O) groups is 1. The molecule has 4 aromatic rings. The number of aromatic amines is 1. The Bertz CT molecular complexity index is 1320. The van der Waals surface area contributed by atoms with Gasteiger partial charge in [-0.05, 0) is 31.2 Å². The fraction of sp³-hybridized carbons (Fsp3) is 0.190. The number of amides is 1. The molecule has 2 heterocycles.